The van der Waals surface area contributed by atoms with Gasteiger partial charge in [0.15, 0.2) is 0 Å². The Bertz CT molecular complexity index is 935. The van der Waals surface area contributed by atoms with E-state index in [1.165, 1.54) is 18.2 Å². The van der Waals surface area contributed by atoms with Crippen LogP contribution in [0.1, 0.15) is 0 Å². The van der Waals surface area contributed by atoms with Crippen LogP contribution in [0.25, 0.3) is 11.5 Å². The van der Waals surface area contributed by atoms with Crippen molar-refractivity contribution in [1.29, 1.82) is 0 Å². The fourth-order valence-corrected chi connectivity index (χ4v) is 2.84. The fraction of sp³-hybridized carbons (Fsp3) is 0.118. The second-order valence-electron chi connectivity index (χ2n) is 5.03. The molecule has 0 aliphatic carbocycles. The number of hydrogen-bond donors (Lipinski definition) is 1. The number of methoxy groups -OCH3 is 1. The number of para-hydroxylation sites is 1. The van der Waals surface area contributed by atoms with Crippen LogP contribution in [0.15, 0.2) is 52.1 Å². The molecule has 0 fully saturated rings. The summed E-state index contributed by atoms with van der Waals surface area (Å²) in [5, 5.41) is 10.8. The van der Waals surface area contributed by atoms with Gasteiger partial charge in [0.1, 0.15) is 11.6 Å². The van der Waals surface area contributed by atoms with E-state index in [-0.39, 0.29) is 22.6 Å². The lowest BCUT2D eigenvalue weighted by Crippen LogP contribution is -2.15. The molecule has 3 aromatic rings. The highest BCUT2D eigenvalue weighted by molar-refractivity contribution is 7.99. The average Bonchev–Trinajstić information content (AvgIpc) is 3.12. The quantitative estimate of drug-likeness (QED) is 0.630. The maximum atomic E-state index is 13.6. The number of benzene rings is 2. The maximum absolute atomic E-state index is 13.6. The third kappa shape index (κ3) is 4.33. The topological polar surface area (TPSA) is 77.2 Å². The van der Waals surface area contributed by atoms with Crippen LogP contribution >= 0.6 is 23.4 Å². The lowest BCUT2D eigenvalue weighted by molar-refractivity contribution is -0.113. The van der Waals surface area contributed by atoms with Crippen molar-refractivity contribution in [1.82, 2.24) is 10.2 Å². The first kappa shape index (κ1) is 18.2. The fourth-order valence-electron chi connectivity index (χ4n) is 2.11. The van der Waals surface area contributed by atoms with Gasteiger partial charge in [0.05, 0.1) is 24.1 Å². The van der Waals surface area contributed by atoms with E-state index in [0.29, 0.717) is 16.3 Å². The number of carbonyl (C=O) groups excluding carboxylic acids is 1. The van der Waals surface area contributed by atoms with Crippen molar-refractivity contribution in [2.75, 3.05) is 18.2 Å². The highest BCUT2D eigenvalue weighted by atomic mass is 35.5. The molecule has 1 heterocycles. The Morgan fingerprint density at radius 2 is 2.12 bits per heavy atom. The number of rotatable bonds is 6. The molecule has 0 spiro atoms. The molecule has 0 bridgehead atoms. The molecule has 6 nitrogen and oxygen atoms in total. The summed E-state index contributed by atoms with van der Waals surface area (Å²) in [5.41, 5.74) is 0.670. The van der Waals surface area contributed by atoms with Crippen LogP contribution in [0.5, 0.6) is 5.75 Å². The number of amides is 1. The number of nitrogens with zero attached hydrogens (tertiary/aromatic N) is 2. The van der Waals surface area contributed by atoms with Crippen molar-refractivity contribution in [3.63, 3.8) is 0 Å². The van der Waals surface area contributed by atoms with Gasteiger partial charge in [-0.25, -0.2) is 4.39 Å². The minimum absolute atomic E-state index is 0.0170. The molecule has 1 N–H and O–H groups in total. The Balaban J connectivity index is 1.63. The van der Waals surface area contributed by atoms with Crippen molar-refractivity contribution < 1.29 is 18.3 Å². The SMILES string of the molecule is COc1ccccc1-c1nnc(SCC(=O)Nc2cc(Cl)ccc2F)o1. The van der Waals surface area contributed by atoms with Crippen LogP contribution in [-0.4, -0.2) is 29.0 Å². The van der Waals surface area contributed by atoms with Gasteiger partial charge in [0.2, 0.25) is 5.91 Å². The number of anilines is 1. The Kier molecular flexibility index (Phi) is 5.75. The van der Waals surface area contributed by atoms with Gasteiger partial charge in [0.25, 0.3) is 11.1 Å². The van der Waals surface area contributed by atoms with Gasteiger partial charge in [-0.15, -0.1) is 10.2 Å². The van der Waals surface area contributed by atoms with Gasteiger partial charge in [-0.1, -0.05) is 35.5 Å². The number of hydrogen-bond acceptors (Lipinski definition) is 6. The van der Waals surface area contributed by atoms with Gasteiger partial charge in [0, 0.05) is 5.02 Å². The zero-order valence-electron chi connectivity index (χ0n) is 13.5. The van der Waals surface area contributed by atoms with E-state index in [4.69, 9.17) is 20.8 Å². The Morgan fingerprint density at radius 3 is 2.92 bits per heavy atom. The molecule has 1 aromatic heterocycles. The summed E-state index contributed by atoms with van der Waals surface area (Å²) in [6.45, 7) is 0. The molecule has 9 heteroatoms. The van der Waals surface area contributed by atoms with E-state index in [1.54, 1.807) is 19.2 Å². The summed E-state index contributed by atoms with van der Waals surface area (Å²) in [7, 11) is 1.55. The van der Waals surface area contributed by atoms with Gasteiger partial charge in [-0.3, -0.25) is 4.79 Å². The average molecular weight is 394 g/mol. The Morgan fingerprint density at radius 1 is 1.31 bits per heavy atom. The van der Waals surface area contributed by atoms with E-state index < -0.39 is 11.7 Å². The highest BCUT2D eigenvalue weighted by Crippen LogP contribution is 2.30. The number of thioether (sulfide) groups is 1. The number of halogens is 2. The smallest absolute Gasteiger partial charge is 0.277 e. The molecular formula is C17H13ClFN3O3S. The molecule has 0 saturated carbocycles. The molecule has 0 unspecified atom stereocenters. The molecule has 3 rings (SSSR count). The van der Waals surface area contributed by atoms with Crippen molar-refractivity contribution in [2.45, 2.75) is 5.22 Å². The zero-order chi connectivity index (χ0) is 18.5. The molecule has 0 saturated heterocycles. The van der Waals surface area contributed by atoms with Gasteiger partial charge >= 0.3 is 0 Å². The van der Waals surface area contributed by atoms with E-state index in [2.05, 4.69) is 15.5 Å². The van der Waals surface area contributed by atoms with E-state index in [9.17, 15) is 9.18 Å². The minimum Gasteiger partial charge on any atom is -0.496 e. The predicted octanol–water partition coefficient (Wildman–Crippen LogP) is 4.27. The summed E-state index contributed by atoms with van der Waals surface area (Å²) >= 11 is 6.83. The zero-order valence-corrected chi connectivity index (χ0v) is 15.1. The lowest BCUT2D eigenvalue weighted by Gasteiger charge is -2.05. The van der Waals surface area contributed by atoms with E-state index >= 15 is 0 Å². The third-order valence-electron chi connectivity index (χ3n) is 3.27. The van der Waals surface area contributed by atoms with Gasteiger partial charge < -0.3 is 14.5 Å². The summed E-state index contributed by atoms with van der Waals surface area (Å²) in [6.07, 6.45) is 0. The highest BCUT2D eigenvalue weighted by Gasteiger charge is 2.15. The second-order valence-corrected chi connectivity index (χ2v) is 6.40. The first-order valence-electron chi connectivity index (χ1n) is 7.41. The van der Waals surface area contributed by atoms with Crippen LogP contribution < -0.4 is 10.1 Å². The molecule has 26 heavy (non-hydrogen) atoms. The second kappa shape index (κ2) is 8.20. The monoisotopic (exact) mass is 393 g/mol. The molecule has 0 aliphatic heterocycles. The van der Waals surface area contributed by atoms with Crippen molar-refractivity contribution >= 4 is 35.0 Å². The van der Waals surface area contributed by atoms with Crippen LogP contribution in [0.4, 0.5) is 10.1 Å². The summed E-state index contributed by atoms with van der Waals surface area (Å²) in [6, 6.07) is 11.1. The lowest BCUT2D eigenvalue weighted by atomic mass is 10.2. The van der Waals surface area contributed by atoms with Crippen molar-refractivity contribution in [3.8, 4) is 17.2 Å². The minimum atomic E-state index is -0.566. The molecule has 0 aliphatic rings. The Hall–Kier alpha value is -2.58. The van der Waals surface area contributed by atoms with Crippen molar-refractivity contribution in [2.24, 2.45) is 0 Å². The molecule has 134 valence electrons. The first-order valence-corrected chi connectivity index (χ1v) is 8.78. The van der Waals surface area contributed by atoms with E-state index in [0.717, 1.165) is 11.8 Å². The third-order valence-corrected chi connectivity index (χ3v) is 4.33. The first-order chi connectivity index (χ1) is 12.6. The van der Waals surface area contributed by atoms with Crippen LogP contribution in [-0.2, 0) is 4.79 Å². The molecule has 2 aromatic carbocycles. The number of carbonyl (C=O) groups is 1. The van der Waals surface area contributed by atoms with Gasteiger partial charge in [-0.05, 0) is 30.3 Å². The maximum Gasteiger partial charge on any atom is 0.277 e. The summed E-state index contributed by atoms with van der Waals surface area (Å²) < 4.78 is 24.4. The van der Waals surface area contributed by atoms with Crippen LogP contribution in [0.3, 0.4) is 0 Å². The molecule has 0 atom stereocenters. The standard InChI is InChI=1S/C17H13ClFN3O3S/c1-24-14-5-3-2-4-11(14)16-21-22-17(25-16)26-9-15(23)20-13-8-10(18)6-7-12(13)19/h2-8H,9H2,1H3,(H,20,23). The van der Waals surface area contributed by atoms with Crippen LogP contribution in [0.2, 0.25) is 5.02 Å². The predicted molar refractivity (Wildman–Crippen MR) is 97.0 cm³/mol. The molecule has 1 amide bonds. The number of nitrogens with one attached hydrogen (secondary N) is 1. The van der Waals surface area contributed by atoms with Crippen molar-refractivity contribution in [3.05, 3.63) is 53.3 Å². The number of ether oxygens (including phenoxy) is 1. The molecular weight excluding hydrogens is 381 g/mol. The van der Waals surface area contributed by atoms with Gasteiger partial charge in [-0.2, -0.15) is 0 Å². The number of aromatic nitrogens is 2. The van der Waals surface area contributed by atoms with Crippen LogP contribution in [0, 0.1) is 5.82 Å². The summed E-state index contributed by atoms with van der Waals surface area (Å²) in [5.74, 6) is -0.134. The normalized spacial score (nSPS) is 10.6. The summed E-state index contributed by atoms with van der Waals surface area (Å²) in [4.78, 5) is 12.0. The largest absolute Gasteiger partial charge is 0.496 e. The molecule has 0 radical (unpaired) electrons. The van der Waals surface area contributed by atoms with E-state index in [1.807, 2.05) is 12.1 Å². The Labute approximate surface area is 157 Å².